The van der Waals surface area contributed by atoms with Gasteiger partial charge >= 0.3 is 0 Å². The van der Waals surface area contributed by atoms with Crippen LogP contribution in [0.25, 0.3) is 0 Å². The first-order chi connectivity index (χ1) is 13.2. The fourth-order valence-electron chi connectivity index (χ4n) is 3.72. The highest BCUT2D eigenvalue weighted by Gasteiger charge is 2.48. The summed E-state index contributed by atoms with van der Waals surface area (Å²) < 4.78 is 5.82. The number of carbonyl (C=O) groups excluding carboxylic acids is 1. The molecular weight excluding hydrogens is 358 g/mol. The van der Waals surface area contributed by atoms with Crippen LogP contribution in [0.4, 0.5) is 0 Å². The summed E-state index contributed by atoms with van der Waals surface area (Å²) >= 11 is 6.67. The molecule has 0 heterocycles. The van der Waals surface area contributed by atoms with Gasteiger partial charge in [-0.25, -0.2) is 0 Å². The van der Waals surface area contributed by atoms with Crippen molar-refractivity contribution < 1.29 is 9.53 Å². The Morgan fingerprint density at radius 2 is 1.37 bits per heavy atom. The third-order valence-corrected chi connectivity index (χ3v) is 5.20. The van der Waals surface area contributed by atoms with Gasteiger partial charge in [0.2, 0.25) is 0 Å². The van der Waals surface area contributed by atoms with E-state index in [9.17, 15) is 4.79 Å². The molecule has 0 aliphatic carbocycles. The topological polar surface area (TPSA) is 38.3 Å². The van der Waals surface area contributed by atoms with Crippen LogP contribution in [-0.2, 0) is 14.9 Å². The van der Waals surface area contributed by atoms with E-state index in [4.69, 9.17) is 16.3 Å². The minimum Gasteiger partial charge on any atom is -0.370 e. The monoisotopic (exact) mass is 379 g/mol. The quantitative estimate of drug-likeness (QED) is 0.643. The van der Waals surface area contributed by atoms with Crippen molar-refractivity contribution in [3.63, 3.8) is 0 Å². The van der Waals surface area contributed by atoms with Gasteiger partial charge in [0.05, 0.1) is 5.41 Å². The van der Waals surface area contributed by atoms with Crippen molar-refractivity contribution in [1.29, 1.82) is 0 Å². The van der Waals surface area contributed by atoms with Gasteiger partial charge < -0.3 is 10.1 Å². The van der Waals surface area contributed by atoms with Crippen molar-refractivity contribution in [3.05, 3.63) is 107 Å². The molecule has 0 radical (unpaired) electrons. The molecule has 1 unspecified atom stereocenters. The smallest absolute Gasteiger partial charge is 0.250 e. The Morgan fingerprint density at radius 3 is 1.81 bits per heavy atom. The Balaban J connectivity index is 2.46. The number of hydrogen-bond donors (Lipinski definition) is 1. The lowest BCUT2D eigenvalue weighted by atomic mass is 9.65. The van der Waals surface area contributed by atoms with E-state index in [0.29, 0.717) is 5.02 Å². The van der Waals surface area contributed by atoms with Crippen molar-refractivity contribution in [2.75, 3.05) is 14.2 Å². The predicted molar refractivity (Wildman–Crippen MR) is 109 cm³/mol. The molecule has 3 rings (SSSR count). The number of ether oxygens (including phenoxy) is 1. The summed E-state index contributed by atoms with van der Waals surface area (Å²) in [7, 11) is 3.17. The molecule has 1 N–H and O–H groups in total. The molecule has 1 atom stereocenters. The third kappa shape index (κ3) is 3.36. The van der Waals surface area contributed by atoms with Gasteiger partial charge in [0, 0.05) is 19.2 Å². The average molecular weight is 380 g/mol. The van der Waals surface area contributed by atoms with Crippen molar-refractivity contribution in [2.24, 2.45) is 0 Å². The summed E-state index contributed by atoms with van der Waals surface area (Å²) in [5, 5.41) is 3.32. The fourth-order valence-corrected chi connectivity index (χ4v) is 4.00. The van der Waals surface area contributed by atoms with Gasteiger partial charge in [0.15, 0.2) is 6.10 Å². The second-order valence-corrected chi connectivity index (χ2v) is 6.66. The zero-order chi connectivity index (χ0) is 19.3. The fraction of sp³-hybridized carbons (Fsp3) is 0.174. The van der Waals surface area contributed by atoms with Crippen LogP contribution < -0.4 is 5.32 Å². The summed E-state index contributed by atoms with van der Waals surface area (Å²) in [5.74, 6) is -0.217. The highest BCUT2D eigenvalue weighted by atomic mass is 35.5. The van der Waals surface area contributed by atoms with E-state index < -0.39 is 11.5 Å². The summed E-state index contributed by atoms with van der Waals surface area (Å²) in [5.41, 5.74) is 1.77. The molecule has 0 spiro atoms. The Bertz CT molecular complexity index is 857. The molecular formula is C23H22ClNO2. The van der Waals surface area contributed by atoms with Gasteiger partial charge in [-0.3, -0.25) is 4.79 Å². The molecule has 4 heteroatoms. The van der Waals surface area contributed by atoms with Gasteiger partial charge in [0.25, 0.3) is 5.91 Å². The largest absolute Gasteiger partial charge is 0.370 e. The number of amides is 1. The number of benzene rings is 3. The van der Waals surface area contributed by atoms with Crippen LogP contribution in [0.2, 0.25) is 5.02 Å². The molecule has 0 aliphatic rings. The lowest BCUT2D eigenvalue weighted by Gasteiger charge is -2.41. The van der Waals surface area contributed by atoms with Crippen molar-refractivity contribution in [3.8, 4) is 0 Å². The van der Waals surface area contributed by atoms with E-state index in [1.54, 1.807) is 14.2 Å². The number of methoxy groups -OCH3 is 1. The van der Waals surface area contributed by atoms with Gasteiger partial charge in [-0.2, -0.15) is 0 Å². The first-order valence-electron chi connectivity index (χ1n) is 8.76. The third-order valence-electron chi connectivity index (χ3n) is 4.87. The molecule has 3 aromatic carbocycles. The SMILES string of the molecule is CNC(=O)C(OC)C(c1ccccc1)(c1ccccc1)c1ccccc1Cl. The molecule has 3 nitrogen and oxygen atoms in total. The highest BCUT2D eigenvalue weighted by molar-refractivity contribution is 6.31. The molecule has 1 amide bonds. The first kappa shape index (κ1) is 19.2. The first-order valence-corrected chi connectivity index (χ1v) is 9.14. The molecule has 0 saturated carbocycles. The van der Waals surface area contributed by atoms with Crippen molar-refractivity contribution in [1.82, 2.24) is 5.32 Å². The number of halogens is 1. The van der Waals surface area contributed by atoms with Crippen LogP contribution in [0.1, 0.15) is 16.7 Å². The van der Waals surface area contributed by atoms with E-state index in [1.165, 1.54) is 0 Å². The lowest BCUT2D eigenvalue weighted by molar-refractivity contribution is -0.133. The molecule has 3 aromatic rings. The Labute approximate surface area is 164 Å². The van der Waals surface area contributed by atoms with Crippen LogP contribution in [0, 0.1) is 0 Å². The van der Waals surface area contributed by atoms with E-state index in [2.05, 4.69) is 5.32 Å². The molecule has 0 aliphatic heterocycles. The Kier molecular flexibility index (Phi) is 5.94. The van der Waals surface area contributed by atoms with Crippen LogP contribution in [0.5, 0.6) is 0 Å². The Morgan fingerprint density at radius 1 is 0.889 bits per heavy atom. The number of hydrogen-bond acceptors (Lipinski definition) is 2. The van der Waals surface area contributed by atoms with Crippen molar-refractivity contribution >= 4 is 17.5 Å². The average Bonchev–Trinajstić information content (AvgIpc) is 2.73. The second-order valence-electron chi connectivity index (χ2n) is 6.25. The van der Waals surface area contributed by atoms with Gasteiger partial charge in [-0.05, 0) is 22.8 Å². The molecule has 0 saturated heterocycles. The van der Waals surface area contributed by atoms with Crippen LogP contribution >= 0.6 is 11.6 Å². The van der Waals surface area contributed by atoms with Crippen LogP contribution in [0.3, 0.4) is 0 Å². The second kappa shape index (κ2) is 8.38. The maximum absolute atomic E-state index is 12.9. The van der Waals surface area contributed by atoms with Gasteiger partial charge in [-0.1, -0.05) is 90.5 Å². The van der Waals surface area contributed by atoms with E-state index in [1.807, 2.05) is 84.9 Å². The summed E-state index contributed by atoms with van der Waals surface area (Å²) in [4.78, 5) is 12.9. The van der Waals surface area contributed by atoms with Crippen molar-refractivity contribution in [2.45, 2.75) is 11.5 Å². The van der Waals surface area contributed by atoms with E-state index in [0.717, 1.165) is 16.7 Å². The maximum Gasteiger partial charge on any atom is 0.250 e. The minimum atomic E-state index is -0.907. The Hall–Kier alpha value is -2.62. The number of rotatable bonds is 6. The summed E-state index contributed by atoms with van der Waals surface area (Å²) in [6, 6.07) is 27.4. The zero-order valence-corrected chi connectivity index (χ0v) is 16.1. The molecule has 0 aromatic heterocycles. The van der Waals surface area contributed by atoms with Crippen LogP contribution in [-0.4, -0.2) is 26.2 Å². The maximum atomic E-state index is 12.9. The zero-order valence-electron chi connectivity index (χ0n) is 15.4. The van der Waals surface area contributed by atoms with E-state index >= 15 is 0 Å². The molecule has 27 heavy (non-hydrogen) atoms. The molecule has 138 valence electrons. The lowest BCUT2D eigenvalue weighted by Crippen LogP contribution is -2.51. The van der Waals surface area contributed by atoms with Gasteiger partial charge in [0.1, 0.15) is 0 Å². The van der Waals surface area contributed by atoms with Crippen LogP contribution in [0.15, 0.2) is 84.9 Å². The molecule has 0 bridgehead atoms. The highest BCUT2D eigenvalue weighted by Crippen LogP contribution is 2.45. The minimum absolute atomic E-state index is 0.217. The van der Waals surface area contributed by atoms with Gasteiger partial charge in [-0.15, -0.1) is 0 Å². The molecule has 0 fully saturated rings. The standard InChI is InChI=1S/C23H22ClNO2/c1-25-22(26)21(27-2)23(17-11-5-3-6-12-17,18-13-7-4-8-14-18)19-15-9-10-16-20(19)24/h3-16,21H,1-2H3,(H,25,26). The summed E-state index contributed by atoms with van der Waals surface area (Å²) in [6.07, 6.45) is -0.813. The number of nitrogens with one attached hydrogen (secondary N) is 1. The predicted octanol–water partition coefficient (Wildman–Crippen LogP) is 4.44. The normalized spacial score (nSPS) is 12.4. The summed E-state index contributed by atoms with van der Waals surface area (Å²) in [6.45, 7) is 0. The number of carbonyl (C=O) groups is 1. The van der Waals surface area contributed by atoms with E-state index in [-0.39, 0.29) is 5.91 Å². The number of likely N-dealkylation sites (N-methyl/N-ethyl adjacent to an activating group) is 1.